The number of rotatable bonds is 3. The molecule has 0 radical (unpaired) electrons. The van der Waals surface area contributed by atoms with Gasteiger partial charge in [-0.2, -0.15) is 0 Å². The summed E-state index contributed by atoms with van der Waals surface area (Å²) in [5.74, 6) is -0.434. The Kier molecular flexibility index (Phi) is 8.21. The standard InChI is InChI=1S/C26H30N6O3/c33-24-13-12-21(20-8-3-1-4-9-20)14-16-28-25(34)19-31(17-7-15-27-24)26(35)23-18-32(30-29-23)22-10-5-2-6-11-22/h1-6,8-11,18,21H,7,12-17,19H2,(H,27,33)(H,28,34). The lowest BCUT2D eigenvalue weighted by Crippen LogP contribution is -2.42. The monoisotopic (exact) mass is 474 g/mol. The number of hydrogen-bond donors (Lipinski definition) is 2. The SMILES string of the molecule is O=C1CCC(c2ccccc2)CCNC(=O)CN(C(=O)c2cn(-c3ccccc3)nn2)CCCN1. The molecule has 2 heterocycles. The summed E-state index contributed by atoms with van der Waals surface area (Å²) >= 11 is 0. The van der Waals surface area contributed by atoms with E-state index in [-0.39, 0.29) is 35.9 Å². The topological polar surface area (TPSA) is 109 Å². The first-order valence-corrected chi connectivity index (χ1v) is 12.0. The van der Waals surface area contributed by atoms with E-state index in [0.717, 1.165) is 11.3 Å². The van der Waals surface area contributed by atoms with Crippen molar-refractivity contribution in [3.8, 4) is 5.69 Å². The molecule has 9 heteroatoms. The number of carbonyl (C=O) groups is 3. The summed E-state index contributed by atoms with van der Waals surface area (Å²) in [6.45, 7) is 1.13. The molecule has 182 valence electrons. The zero-order chi connectivity index (χ0) is 24.5. The Bertz CT molecular complexity index is 1130. The molecule has 3 amide bonds. The Hall–Kier alpha value is -4.01. The number of nitrogens with one attached hydrogen (secondary N) is 2. The lowest BCUT2D eigenvalue weighted by atomic mass is 9.91. The van der Waals surface area contributed by atoms with E-state index in [1.54, 1.807) is 6.20 Å². The molecule has 2 aromatic carbocycles. The molecule has 1 fully saturated rings. The molecule has 3 aromatic rings. The van der Waals surface area contributed by atoms with Crippen molar-refractivity contribution >= 4 is 17.7 Å². The van der Waals surface area contributed by atoms with E-state index in [9.17, 15) is 14.4 Å². The molecule has 1 aromatic heterocycles. The smallest absolute Gasteiger partial charge is 0.276 e. The van der Waals surface area contributed by atoms with Gasteiger partial charge in [-0.3, -0.25) is 14.4 Å². The minimum Gasteiger partial charge on any atom is -0.356 e. The van der Waals surface area contributed by atoms with Gasteiger partial charge in [-0.25, -0.2) is 4.68 Å². The summed E-state index contributed by atoms with van der Waals surface area (Å²) in [6.07, 6.45) is 3.93. The summed E-state index contributed by atoms with van der Waals surface area (Å²) in [5.41, 5.74) is 2.10. The third-order valence-electron chi connectivity index (χ3n) is 6.09. The first kappa shape index (κ1) is 24.1. The number of hydrogen-bond acceptors (Lipinski definition) is 5. The molecular weight excluding hydrogens is 444 g/mol. The minimum atomic E-state index is -0.372. The van der Waals surface area contributed by atoms with Gasteiger partial charge in [0.25, 0.3) is 5.91 Å². The Morgan fingerprint density at radius 3 is 2.37 bits per heavy atom. The highest BCUT2D eigenvalue weighted by Crippen LogP contribution is 2.24. The zero-order valence-corrected chi connectivity index (χ0v) is 19.6. The molecular formula is C26H30N6O3. The van der Waals surface area contributed by atoms with Crippen LogP contribution >= 0.6 is 0 Å². The third kappa shape index (κ3) is 6.75. The summed E-state index contributed by atoms with van der Waals surface area (Å²) in [5, 5.41) is 14.0. The summed E-state index contributed by atoms with van der Waals surface area (Å²) < 4.78 is 1.53. The largest absolute Gasteiger partial charge is 0.356 e. The van der Waals surface area contributed by atoms with Crippen LogP contribution in [-0.4, -0.2) is 63.8 Å². The Morgan fingerprint density at radius 2 is 1.60 bits per heavy atom. The average molecular weight is 475 g/mol. The van der Waals surface area contributed by atoms with E-state index < -0.39 is 0 Å². The molecule has 0 saturated carbocycles. The van der Waals surface area contributed by atoms with Gasteiger partial charge in [0, 0.05) is 26.1 Å². The second-order valence-electron chi connectivity index (χ2n) is 8.60. The first-order chi connectivity index (χ1) is 17.1. The van der Waals surface area contributed by atoms with Gasteiger partial charge in [-0.05, 0) is 42.9 Å². The average Bonchev–Trinajstić information content (AvgIpc) is 3.38. The quantitative estimate of drug-likeness (QED) is 0.606. The highest BCUT2D eigenvalue weighted by Gasteiger charge is 2.23. The van der Waals surface area contributed by atoms with E-state index in [4.69, 9.17) is 0 Å². The van der Waals surface area contributed by atoms with Gasteiger partial charge in [0.1, 0.15) is 0 Å². The molecule has 0 bridgehead atoms. The first-order valence-electron chi connectivity index (χ1n) is 12.0. The fraction of sp³-hybridized carbons (Fsp3) is 0.346. The van der Waals surface area contributed by atoms with Crippen molar-refractivity contribution in [2.45, 2.75) is 31.6 Å². The lowest BCUT2D eigenvalue weighted by Gasteiger charge is -2.23. The molecule has 1 saturated heterocycles. The molecule has 0 aliphatic carbocycles. The van der Waals surface area contributed by atoms with Crippen molar-refractivity contribution in [2.24, 2.45) is 0 Å². The van der Waals surface area contributed by atoms with Crippen molar-refractivity contribution in [3.05, 3.63) is 78.1 Å². The van der Waals surface area contributed by atoms with E-state index in [2.05, 4.69) is 33.1 Å². The third-order valence-corrected chi connectivity index (χ3v) is 6.09. The van der Waals surface area contributed by atoms with E-state index in [1.807, 2.05) is 48.5 Å². The highest BCUT2D eigenvalue weighted by molar-refractivity contribution is 5.94. The Morgan fingerprint density at radius 1 is 0.886 bits per heavy atom. The number of carbonyl (C=O) groups excluding carboxylic acids is 3. The Labute approximate surface area is 204 Å². The lowest BCUT2D eigenvalue weighted by molar-refractivity contribution is -0.123. The molecule has 35 heavy (non-hydrogen) atoms. The van der Waals surface area contributed by atoms with Gasteiger partial charge >= 0.3 is 0 Å². The van der Waals surface area contributed by atoms with Crippen LogP contribution in [-0.2, 0) is 9.59 Å². The summed E-state index contributed by atoms with van der Waals surface area (Å²) in [7, 11) is 0. The minimum absolute atomic E-state index is 0.00398. The molecule has 0 spiro atoms. The van der Waals surface area contributed by atoms with E-state index >= 15 is 0 Å². The van der Waals surface area contributed by atoms with Crippen LogP contribution in [0.5, 0.6) is 0 Å². The predicted octanol–water partition coefficient (Wildman–Crippen LogP) is 2.30. The van der Waals surface area contributed by atoms with Crippen LogP contribution in [0.2, 0.25) is 0 Å². The van der Waals surface area contributed by atoms with Gasteiger partial charge < -0.3 is 15.5 Å². The van der Waals surface area contributed by atoms with Gasteiger partial charge in [-0.1, -0.05) is 53.7 Å². The van der Waals surface area contributed by atoms with Crippen LogP contribution in [0.15, 0.2) is 66.9 Å². The number of amides is 3. The fourth-order valence-electron chi connectivity index (χ4n) is 4.19. The van der Waals surface area contributed by atoms with Gasteiger partial charge in [-0.15, -0.1) is 5.10 Å². The maximum atomic E-state index is 13.2. The molecule has 1 aliphatic rings. The highest BCUT2D eigenvalue weighted by atomic mass is 16.2. The zero-order valence-electron chi connectivity index (χ0n) is 19.6. The van der Waals surface area contributed by atoms with Crippen molar-refractivity contribution in [2.75, 3.05) is 26.2 Å². The van der Waals surface area contributed by atoms with Gasteiger partial charge in [0.2, 0.25) is 11.8 Å². The number of aromatic nitrogens is 3. The molecule has 4 rings (SSSR count). The Balaban J connectivity index is 1.44. The number of benzene rings is 2. The second kappa shape index (κ2) is 11.9. The molecule has 1 unspecified atom stereocenters. The van der Waals surface area contributed by atoms with Crippen molar-refractivity contribution < 1.29 is 14.4 Å². The van der Waals surface area contributed by atoms with Gasteiger partial charge in [0.05, 0.1) is 18.4 Å². The van der Waals surface area contributed by atoms with Crippen molar-refractivity contribution in [1.29, 1.82) is 0 Å². The van der Waals surface area contributed by atoms with Crippen molar-refractivity contribution in [1.82, 2.24) is 30.5 Å². The van der Waals surface area contributed by atoms with Crippen LogP contribution in [0.1, 0.15) is 47.7 Å². The molecule has 2 N–H and O–H groups in total. The van der Waals surface area contributed by atoms with Crippen LogP contribution in [0.25, 0.3) is 5.69 Å². The maximum Gasteiger partial charge on any atom is 0.276 e. The second-order valence-corrected chi connectivity index (χ2v) is 8.60. The van der Waals surface area contributed by atoms with Crippen LogP contribution < -0.4 is 10.6 Å². The van der Waals surface area contributed by atoms with Gasteiger partial charge in [0.15, 0.2) is 5.69 Å². The van der Waals surface area contributed by atoms with Crippen LogP contribution in [0.4, 0.5) is 0 Å². The fourth-order valence-corrected chi connectivity index (χ4v) is 4.19. The maximum absolute atomic E-state index is 13.2. The van der Waals surface area contributed by atoms with Crippen LogP contribution in [0.3, 0.4) is 0 Å². The normalized spacial score (nSPS) is 18.3. The van der Waals surface area contributed by atoms with Crippen LogP contribution in [0, 0.1) is 0 Å². The van der Waals surface area contributed by atoms with E-state index in [0.29, 0.717) is 45.3 Å². The van der Waals surface area contributed by atoms with E-state index in [1.165, 1.54) is 9.58 Å². The molecule has 1 aliphatic heterocycles. The summed E-state index contributed by atoms with van der Waals surface area (Å²) in [4.78, 5) is 39.7. The molecule has 9 nitrogen and oxygen atoms in total. The molecule has 1 atom stereocenters. The van der Waals surface area contributed by atoms with Crippen molar-refractivity contribution in [3.63, 3.8) is 0 Å². The number of nitrogens with zero attached hydrogens (tertiary/aromatic N) is 4. The number of para-hydroxylation sites is 1. The summed E-state index contributed by atoms with van der Waals surface area (Å²) in [6, 6.07) is 19.4. The predicted molar refractivity (Wildman–Crippen MR) is 131 cm³/mol.